The summed E-state index contributed by atoms with van der Waals surface area (Å²) in [6.07, 6.45) is 3.49. The quantitative estimate of drug-likeness (QED) is 0.736. The van der Waals surface area contributed by atoms with Crippen LogP contribution in [-0.4, -0.2) is 21.0 Å². The zero-order valence-electron chi connectivity index (χ0n) is 14.1. The fourth-order valence-corrected chi connectivity index (χ4v) is 2.31. The highest BCUT2D eigenvalue weighted by Gasteiger charge is 2.08. The Kier molecular flexibility index (Phi) is 4.86. The Hall–Kier alpha value is -3.46. The Morgan fingerprint density at radius 2 is 1.96 bits per heavy atom. The fraction of sp³-hybridized carbons (Fsp3) is 0.158. The first-order valence-electron chi connectivity index (χ1n) is 7.97. The number of hydrogen-bond donors (Lipinski definition) is 2. The molecule has 0 amide bonds. The standard InChI is InChI=1S/C19H18N6/c1-13(2)22-19-24-17(15-6-4-8-21-12-15)10-18(25-19)23-16-7-3-5-14(9-16)11-20/h3-10,12-13H,1-2H3,(H2,22,23,24,25). The highest BCUT2D eigenvalue weighted by atomic mass is 15.2. The van der Waals surface area contributed by atoms with E-state index in [9.17, 15) is 0 Å². The van der Waals surface area contributed by atoms with Gasteiger partial charge >= 0.3 is 0 Å². The van der Waals surface area contributed by atoms with Gasteiger partial charge in [0.25, 0.3) is 0 Å². The summed E-state index contributed by atoms with van der Waals surface area (Å²) in [7, 11) is 0. The number of hydrogen-bond acceptors (Lipinski definition) is 6. The number of rotatable bonds is 5. The molecule has 6 heteroatoms. The highest BCUT2D eigenvalue weighted by molar-refractivity contribution is 5.67. The molecular formula is C19H18N6. The van der Waals surface area contributed by atoms with Gasteiger partial charge in [-0.05, 0) is 44.2 Å². The molecule has 0 radical (unpaired) electrons. The van der Waals surface area contributed by atoms with Crippen LogP contribution in [0.2, 0.25) is 0 Å². The predicted molar refractivity (Wildman–Crippen MR) is 98.5 cm³/mol. The third-order valence-electron chi connectivity index (χ3n) is 3.37. The number of nitrogens with one attached hydrogen (secondary N) is 2. The van der Waals surface area contributed by atoms with E-state index in [1.54, 1.807) is 24.5 Å². The summed E-state index contributed by atoms with van der Waals surface area (Å²) in [5, 5.41) is 15.5. The molecule has 2 N–H and O–H groups in total. The molecule has 0 aliphatic heterocycles. The number of benzene rings is 1. The molecule has 0 bridgehead atoms. The Morgan fingerprint density at radius 3 is 2.68 bits per heavy atom. The van der Waals surface area contributed by atoms with Crippen molar-refractivity contribution in [3.05, 3.63) is 60.4 Å². The number of nitrogens with zero attached hydrogens (tertiary/aromatic N) is 4. The minimum Gasteiger partial charge on any atom is -0.352 e. The van der Waals surface area contributed by atoms with Gasteiger partial charge in [0.1, 0.15) is 5.82 Å². The van der Waals surface area contributed by atoms with Crippen LogP contribution >= 0.6 is 0 Å². The van der Waals surface area contributed by atoms with Crippen molar-refractivity contribution in [1.29, 1.82) is 5.26 Å². The molecule has 3 aromatic rings. The van der Waals surface area contributed by atoms with Crippen molar-refractivity contribution in [3.63, 3.8) is 0 Å². The van der Waals surface area contributed by atoms with Gasteiger partial charge in [-0.15, -0.1) is 0 Å². The normalized spacial score (nSPS) is 10.3. The van der Waals surface area contributed by atoms with Crippen molar-refractivity contribution in [2.75, 3.05) is 10.6 Å². The minimum atomic E-state index is 0.207. The van der Waals surface area contributed by atoms with Crippen LogP contribution in [0, 0.1) is 11.3 Å². The van der Waals surface area contributed by atoms with Crippen molar-refractivity contribution in [2.24, 2.45) is 0 Å². The maximum atomic E-state index is 9.04. The zero-order valence-corrected chi connectivity index (χ0v) is 14.1. The SMILES string of the molecule is CC(C)Nc1nc(Nc2cccc(C#N)c2)cc(-c2cccnc2)n1. The summed E-state index contributed by atoms with van der Waals surface area (Å²) in [5.74, 6) is 1.18. The van der Waals surface area contributed by atoms with Crippen LogP contribution in [0.4, 0.5) is 17.5 Å². The van der Waals surface area contributed by atoms with Gasteiger partial charge in [-0.25, -0.2) is 4.98 Å². The van der Waals surface area contributed by atoms with E-state index < -0.39 is 0 Å². The Balaban J connectivity index is 1.98. The van der Waals surface area contributed by atoms with Gasteiger partial charge in [-0.3, -0.25) is 4.98 Å². The van der Waals surface area contributed by atoms with E-state index in [0.717, 1.165) is 16.9 Å². The molecule has 0 fully saturated rings. The lowest BCUT2D eigenvalue weighted by atomic mass is 10.2. The van der Waals surface area contributed by atoms with Gasteiger partial charge in [0, 0.05) is 35.8 Å². The number of anilines is 3. The first kappa shape index (κ1) is 16.4. The van der Waals surface area contributed by atoms with Gasteiger partial charge in [0.05, 0.1) is 17.3 Å². The molecule has 3 rings (SSSR count). The molecule has 124 valence electrons. The molecule has 0 unspecified atom stereocenters. The molecule has 0 aliphatic carbocycles. The third-order valence-corrected chi connectivity index (χ3v) is 3.37. The minimum absolute atomic E-state index is 0.207. The summed E-state index contributed by atoms with van der Waals surface area (Å²) in [5.41, 5.74) is 3.06. The summed E-state index contributed by atoms with van der Waals surface area (Å²) < 4.78 is 0. The lowest BCUT2D eigenvalue weighted by Crippen LogP contribution is -2.13. The average Bonchev–Trinajstić information content (AvgIpc) is 2.62. The topological polar surface area (TPSA) is 86.5 Å². The van der Waals surface area contributed by atoms with E-state index in [4.69, 9.17) is 5.26 Å². The Bertz CT molecular complexity index is 899. The van der Waals surface area contributed by atoms with Crippen LogP contribution in [0.1, 0.15) is 19.4 Å². The summed E-state index contributed by atoms with van der Waals surface area (Å²) in [6, 6.07) is 15.3. The van der Waals surface area contributed by atoms with Crippen LogP contribution in [0.3, 0.4) is 0 Å². The lowest BCUT2D eigenvalue weighted by molar-refractivity contribution is 0.876. The first-order chi connectivity index (χ1) is 12.1. The van der Waals surface area contributed by atoms with Crippen LogP contribution in [-0.2, 0) is 0 Å². The number of nitriles is 1. The van der Waals surface area contributed by atoms with Gasteiger partial charge < -0.3 is 10.6 Å². The molecule has 25 heavy (non-hydrogen) atoms. The number of pyridine rings is 1. The van der Waals surface area contributed by atoms with Crippen molar-refractivity contribution in [1.82, 2.24) is 15.0 Å². The molecule has 2 heterocycles. The predicted octanol–water partition coefficient (Wildman–Crippen LogP) is 3.97. The molecule has 0 atom stereocenters. The largest absolute Gasteiger partial charge is 0.352 e. The van der Waals surface area contributed by atoms with Gasteiger partial charge in [-0.2, -0.15) is 10.2 Å². The van der Waals surface area contributed by atoms with Crippen molar-refractivity contribution < 1.29 is 0 Å². The fourth-order valence-electron chi connectivity index (χ4n) is 2.31. The molecule has 0 saturated carbocycles. The second kappa shape index (κ2) is 7.41. The van der Waals surface area contributed by atoms with Crippen LogP contribution in [0.25, 0.3) is 11.3 Å². The van der Waals surface area contributed by atoms with Crippen molar-refractivity contribution in [2.45, 2.75) is 19.9 Å². The molecular weight excluding hydrogens is 312 g/mol. The average molecular weight is 330 g/mol. The molecule has 6 nitrogen and oxygen atoms in total. The van der Waals surface area contributed by atoms with E-state index in [2.05, 4.69) is 31.7 Å². The van der Waals surface area contributed by atoms with Crippen LogP contribution in [0.5, 0.6) is 0 Å². The van der Waals surface area contributed by atoms with E-state index in [-0.39, 0.29) is 6.04 Å². The second-order valence-corrected chi connectivity index (χ2v) is 5.82. The van der Waals surface area contributed by atoms with Crippen molar-refractivity contribution in [3.8, 4) is 17.3 Å². The van der Waals surface area contributed by atoms with E-state index in [0.29, 0.717) is 17.3 Å². The maximum Gasteiger partial charge on any atom is 0.225 e. The summed E-state index contributed by atoms with van der Waals surface area (Å²) in [4.78, 5) is 13.2. The Labute approximate surface area is 146 Å². The monoisotopic (exact) mass is 330 g/mol. The third kappa shape index (κ3) is 4.30. The Morgan fingerprint density at radius 1 is 1.08 bits per heavy atom. The molecule has 1 aromatic carbocycles. The van der Waals surface area contributed by atoms with Gasteiger partial charge in [0.2, 0.25) is 5.95 Å². The van der Waals surface area contributed by atoms with Crippen LogP contribution in [0.15, 0.2) is 54.9 Å². The van der Waals surface area contributed by atoms with E-state index in [1.165, 1.54) is 0 Å². The lowest BCUT2D eigenvalue weighted by Gasteiger charge is -2.13. The molecule has 0 spiro atoms. The second-order valence-electron chi connectivity index (χ2n) is 5.82. The molecule has 0 saturated heterocycles. The van der Waals surface area contributed by atoms with Crippen molar-refractivity contribution >= 4 is 17.5 Å². The molecule has 2 aromatic heterocycles. The highest BCUT2D eigenvalue weighted by Crippen LogP contribution is 2.23. The first-order valence-corrected chi connectivity index (χ1v) is 7.97. The van der Waals surface area contributed by atoms with E-state index >= 15 is 0 Å². The van der Waals surface area contributed by atoms with Crippen LogP contribution < -0.4 is 10.6 Å². The van der Waals surface area contributed by atoms with Gasteiger partial charge in [-0.1, -0.05) is 6.07 Å². The zero-order chi connectivity index (χ0) is 17.6. The number of aromatic nitrogens is 3. The summed E-state index contributed by atoms with van der Waals surface area (Å²) in [6.45, 7) is 4.06. The summed E-state index contributed by atoms with van der Waals surface area (Å²) >= 11 is 0. The molecule has 0 aliphatic rings. The maximum absolute atomic E-state index is 9.04. The smallest absolute Gasteiger partial charge is 0.225 e. The van der Waals surface area contributed by atoms with E-state index in [1.807, 2.05) is 44.2 Å². The van der Waals surface area contributed by atoms with Gasteiger partial charge in [0.15, 0.2) is 0 Å².